The van der Waals surface area contributed by atoms with Gasteiger partial charge in [0.1, 0.15) is 11.5 Å². The molecule has 0 atom stereocenters. The monoisotopic (exact) mass is 419 g/mol. The quantitative estimate of drug-likeness (QED) is 0.333. The SMILES string of the molecule is C=C/C=C\C(=C/C)c1ccc2[nH]nc(C(=C)Nc3nccc(-c4ccncc4)c3C)c2c1. The molecule has 0 aliphatic carbocycles. The number of aromatic amines is 1. The van der Waals surface area contributed by atoms with E-state index in [9.17, 15) is 0 Å². The summed E-state index contributed by atoms with van der Waals surface area (Å²) in [4.78, 5) is 8.64. The second-order valence-corrected chi connectivity index (χ2v) is 7.34. The number of aromatic nitrogens is 4. The highest BCUT2D eigenvalue weighted by Gasteiger charge is 2.14. The van der Waals surface area contributed by atoms with Crippen LogP contribution >= 0.6 is 0 Å². The Hall–Kier alpha value is -4.25. The van der Waals surface area contributed by atoms with Gasteiger partial charge in [0.25, 0.3) is 0 Å². The first-order valence-corrected chi connectivity index (χ1v) is 10.4. The van der Waals surface area contributed by atoms with Crippen LogP contribution in [0.1, 0.15) is 23.7 Å². The third kappa shape index (κ3) is 4.14. The molecule has 4 aromatic rings. The fourth-order valence-electron chi connectivity index (χ4n) is 3.66. The van der Waals surface area contributed by atoms with Gasteiger partial charge in [0.2, 0.25) is 0 Å². The van der Waals surface area contributed by atoms with Gasteiger partial charge in [-0.2, -0.15) is 5.10 Å². The zero-order valence-corrected chi connectivity index (χ0v) is 18.3. The topological polar surface area (TPSA) is 66.5 Å². The second kappa shape index (κ2) is 9.27. The van der Waals surface area contributed by atoms with Gasteiger partial charge in [0.15, 0.2) is 0 Å². The van der Waals surface area contributed by atoms with Crippen molar-refractivity contribution in [2.24, 2.45) is 0 Å². The van der Waals surface area contributed by atoms with E-state index in [2.05, 4.69) is 56.8 Å². The van der Waals surface area contributed by atoms with Crippen LogP contribution in [0.15, 0.2) is 92.5 Å². The summed E-state index contributed by atoms with van der Waals surface area (Å²) in [6.07, 6.45) is 13.2. The minimum Gasteiger partial charge on any atom is -0.339 e. The van der Waals surface area contributed by atoms with Crippen molar-refractivity contribution in [3.05, 3.63) is 109 Å². The van der Waals surface area contributed by atoms with Crippen LogP contribution in [0.4, 0.5) is 5.82 Å². The molecule has 0 saturated carbocycles. The first-order chi connectivity index (χ1) is 15.6. The van der Waals surface area contributed by atoms with Crippen LogP contribution in [-0.4, -0.2) is 20.2 Å². The first kappa shape index (κ1) is 21.0. The highest BCUT2D eigenvalue weighted by Crippen LogP contribution is 2.30. The van der Waals surface area contributed by atoms with E-state index >= 15 is 0 Å². The van der Waals surface area contributed by atoms with Crippen LogP contribution in [-0.2, 0) is 0 Å². The number of allylic oxidation sites excluding steroid dienone is 5. The Labute approximate surface area is 188 Å². The number of hydrogen-bond acceptors (Lipinski definition) is 4. The van der Waals surface area contributed by atoms with E-state index in [1.54, 1.807) is 24.7 Å². The maximum atomic E-state index is 4.53. The lowest BCUT2D eigenvalue weighted by atomic mass is 10.0. The molecule has 0 spiro atoms. The largest absolute Gasteiger partial charge is 0.339 e. The fraction of sp³-hybridized carbons (Fsp3) is 0.0741. The molecule has 5 nitrogen and oxygen atoms in total. The molecule has 0 aliphatic rings. The molecule has 0 saturated heterocycles. The summed E-state index contributed by atoms with van der Waals surface area (Å²) in [7, 11) is 0. The molecule has 0 aliphatic heterocycles. The Kier molecular flexibility index (Phi) is 6.08. The Bertz CT molecular complexity index is 1340. The average Bonchev–Trinajstić information content (AvgIpc) is 3.25. The number of pyridine rings is 2. The third-order valence-electron chi connectivity index (χ3n) is 5.37. The van der Waals surface area contributed by atoms with Crippen molar-refractivity contribution in [1.82, 2.24) is 20.2 Å². The lowest BCUT2D eigenvalue weighted by molar-refractivity contribution is 1.10. The molecule has 0 radical (unpaired) electrons. The van der Waals surface area contributed by atoms with Crippen molar-refractivity contribution >= 4 is 28.0 Å². The number of H-pyrrole nitrogens is 1. The minimum atomic E-state index is 0.680. The van der Waals surface area contributed by atoms with E-state index in [1.807, 2.05) is 50.3 Å². The van der Waals surface area contributed by atoms with Crippen molar-refractivity contribution in [2.75, 3.05) is 5.32 Å². The van der Waals surface area contributed by atoms with Gasteiger partial charge >= 0.3 is 0 Å². The van der Waals surface area contributed by atoms with E-state index in [-0.39, 0.29) is 0 Å². The lowest BCUT2D eigenvalue weighted by Crippen LogP contribution is -2.03. The summed E-state index contributed by atoms with van der Waals surface area (Å²) in [5.41, 5.74) is 7.83. The summed E-state index contributed by atoms with van der Waals surface area (Å²) < 4.78 is 0. The number of hydrogen-bond donors (Lipinski definition) is 2. The minimum absolute atomic E-state index is 0.680. The standard InChI is InChI=1S/C27H25N5/c1-5-7-8-20(6-2)22-9-10-25-24(17-22)26(32-31-25)19(4)30-27-18(3)23(13-16-29-27)21-11-14-28-15-12-21/h5-17H,1,4H2,2-3H3,(H,29,30)(H,31,32)/b8-7-,20-6+. The molecule has 3 aromatic heterocycles. The second-order valence-electron chi connectivity index (χ2n) is 7.34. The van der Waals surface area contributed by atoms with Gasteiger partial charge in [-0.3, -0.25) is 10.1 Å². The van der Waals surface area contributed by atoms with Gasteiger partial charge in [-0.05, 0) is 72.0 Å². The smallest absolute Gasteiger partial charge is 0.133 e. The first-order valence-electron chi connectivity index (χ1n) is 10.4. The van der Waals surface area contributed by atoms with Gasteiger partial charge in [0.05, 0.1) is 11.2 Å². The number of nitrogens with one attached hydrogen (secondary N) is 2. The molecule has 0 amide bonds. The Balaban J connectivity index is 1.67. The van der Waals surface area contributed by atoms with Crippen molar-refractivity contribution in [1.29, 1.82) is 0 Å². The predicted octanol–water partition coefficient (Wildman–Crippen LogP) is 6.56. The summed E-state index contributed by atoms with van der Waals surface area (Å²) in [6, 6.07) is 12.2. The van der Waals surface area contributed by atoms with E-state index in [4.69, 9.17) is 0 Å². The predicted molar refractivity (Wildman–Crippen MR) is 134 cm³/mol. The van der Waals surface area contributed by atoms with Crippen molar-refractivity contribution < 1.29 is 0 Å². The van der Waals surface area contributed by atoms with Crippen LogP contribution in [0.3, 0.4) is 0 Å². The van der Waals surface area contributed by atoms with Crippen LogP contribution in [0.2, 0.25) is 0 Å². The van der Waals surface area contributed by atoms with Gasteiger partial charge in [0, 0.05) is 24.0 Å². The molecule has 32 heavy (non-hydrogen) atoms. The number of anilines is 1. The molecule has 0 unspecified atom stereocenters. The van der Waals surface area contributed by atoms with Crippen molar-refractivity contribution in [2.45, 2.75) is 13.8 Å². The summed E-state index contributed by atoms with van der Waals surface area (Å²) in [5, 5.41) is 12.0. The molecule has 1 aromatic carbocycles. The van der Waals surface area contributed by atoms with E-state index in [1.165, 1.54) is 0 Å². The van der Waals surface area contributed by atoms with Crippen LogP contribution in [0.25, 0.3) is 33.3 Å². The van der Waals surface area contributed by atoms with Crippen LogP contribution < -0.4 is 5.32 Å². The van der Waals surface area contributed by atoms with E-state index in [0.717, 1.165) is 50.2 Å². The zero-order chi connectivity index (χ0) is 22.5. The maximum Gasteiger partial charge on any atom is 0.133 e. The molecule has 3 heterocycles. The van der Waals surface area contributed by atoms with E-state index < -0.39 is 0 Å². The van der Waals surface area contributed by atoms with Crippen molar-refractivity contribution in [3.63, 3.8) is 0 Å². The number of nitrogens with zero attached hydrogens (tertiary/aromatic N) is 3. The van der Waals surface area contributed by atoms with Gasteiger partial charge in [-0.15, -0.1) is 0 Å². The fourth-order valence-corrected chi connectivity index (χ4v) is 3.66. The molecule has 0 fully saturated rings. The van der Waals surface area contributed by atoms with Crippen molar-refractivity contribution in [3.8, 4) is 11.1 Å². The molecular formula is C27H25N5. The lowest BCUT2D eigenvalue weighted by Gasteiger charge is -2.13. The Morgan fingerprint density at radius 1 is 1.09 bits per heavy atom. The normalized spacial score (nSPS) is 11.8. The summed E-state index contributed by atoms with van der Waals surface area (Å²) in [6.45, 7) is 12.1. The number of rotatable bonds is 7. The van der Waals surface area contributed by atoms with Gasteiger partial charge in [-0.25, -0.2) is 4.98 Å². The summed E-state index contributed by atoms with van der Waals surface area (Å²) in [5.74, 6) is 0.750. The van der Waals surface area contributed by atoms with Crippen LogP contribution in [0, 0.1) is 6.92 Å². The Morgan fingerprint density at radius 3 is 2.66 bits per heavy atom. The molecule has 4 rings (SSSR count). The highest BCUT2D eigenvalue weighted by atomic mass is 15.1. The molecule has 158 valence electrons. The zero-order valence-electron chi connectivity index (χ0n) is 18.3. The van der Waals surface area contributed by atoms with Gasteiger partial charge < -0.3 is 5.32 Å². The third-order valence-corrected chi connectivity index (χ3v) is 5.37. The molecule has 2 N–H and O–H groups in total. The number of fused-ring (bicyclic) bond motifs is 1. The molecule has 5 heteroatoms. The van der Waals surface area contributed by atoms with Crippen LogP contribution in [0.5, 0.6) is 0 Å². The van der Waals surface area contributed by atoms with Gasteiger partial charge in [-0.1, -0.05) is 43.5 Å². The summed E-state index contributed by atoms with van der Waals surface area (Å²) >= 11 is 0. The molecular weight excluding hydrogens is 394 g/mol. The molecule has 0 bridgehead atoms. The number of benzene rings is 1. The van der Waals surface area contributed by atoms with E-state index in [0.29, 0.717) is 5.70 Å². The Morgan fingerprint density at radius 2 is 1.91 bits per heavy atom. The highest BCUT2D eigenvalue weighted by molar-refractivity contribution is 5.95. The average molecular weight is 420 g/mol. The maximum absolute atomic E-state index is 4.53.